The summed E-state index contributed by atoms with van der Waals surface area (Å²) in [7, 11) is 0. The molecule has 0 aliphatic heterocycles. The molecule has 20 heavy (non-hydrogen) atoms. The van der Waals surface area contributed by atoms with Crippen molar-refractivity contribution < 1.29 is 0 Å². The number of nitrogens with zero attached hydrogens (tertiary/aromatic N) is 4. The number of nitrogens with one attached hydrogen (secondary N) is 2. The first-order valence-electron chi connectivity index (χ1n) is 6.49. The molecule has 106 valence electrons. The molecule has 8 nitrogen and oxygen atoms in total. The lowest BCUT2D eigenvalue weighted by atomic mass is 9.80. The molecule has 1 aliphatic rings. The summed E-state index contributed by atoms with van der Waals surface area (Å²) in [6.45, 7) is 0. The maximum atomic E-state index is 11.3. The number of nitrogens with two attached hydrogens (primary N) is 1. The SMILES string of the molecule is N=NN=C(N=CN)c1ccc(C2(N=O)CCCCC2)[nH]1. The predicted molar refractivity (Wildman–Crippen MR) is 75.7 cm³/mol. The number of amidine groups is 1. The average molecular weight is 275 g/mol. The first-order chi connectivity index (χ1) is 9.75. The minimum Gasteiger partial charge on any atom is -0.390 e. The van der Waals surface area contributed by atoms with Crippen molar-refractivity contribution in [3.63, 3.8) is 0 Å². The molecule has 0 bridgehead atoms. The van der Waals surface area contributed by atoms with Gasteiger partial charge in [0.1, 0.15) is 5.54 Å². The summed E-state index contributed by atoms with van der Waals surface area (Å²) in [5.41, 5.74) is 12.6. The standard InChI is InChI=1S/C12H17N7O/c13-8-15-11(17-19-14)9-4-5-10(16-9)12(18-20)6-2-1-3-7-12/h4-5,8,16H,1-3,6-7H2,(H3,13,14,15,17). The second kappa shape index (κ2) is 6.18. The lowest BCUT2D eigenvalue weighted by Crippen LogP contribution is -2.26. The van der Waals surface area contributed by atoms with Gasteiger partial charge in [0, 0.05) is 5.69 Å². The smallest absolute Gasteiger partial charge is 0.201 e. The van der Waals surface area contributed by atoms with Gasteiger partial charge in [-0.2, -0.15) is 5.53 Å². The Morgan fingerprint density at radius 1 is 1.35 bits per heavy atom. The van der Waals surface area contributed by atoms with E-state index in [0.29, 0.717) is 5.69 Å². The summed E-state index contributed by atoms with van der Waals surface area (Å²) >= 11 is 0. The zero-order valence-electron chi connectivity index (χ0n) is 11.0. The van der Waals surface area contributed by atoms with Gasteiger partial charge in [-0.05, 0) is 25.0 Å². The van der Waals surface area contributed by atoms with E-state index >= 15 is 0 Å². The van der Waals surface area contributed by atoms with Crippen LogP contribution in [0.5, 0.6) is 0 Å². The van der Waals surface area contributed by atoms with Crippen molar-refractivity contribution in [1.82, 2.24) is 4.98 Å². The monoisotopic (exact) mass is 275 g/mol. The lowest BCUT2D eigenvalue weighted by Gasteiger charge is -2.29. The van der Waals surface area contributed by atoms with Crippen molar-refractivity contribution in [2.75, 3.05) is 0 Å². The van der Waals surface area contributed by atoms with Crippen molar-refractivity contribution in [1.29, 1.82) is 5.53 Å². The van der Waals surface area contributed by atoms with E-state index < -0.39 is 5.54 Å². The molecule has 0 atom stereocenters. The van der Waals surface area contributed by atoms with Gasteiger partial charge < -0.3 is 10.7 Å². The van der Waals surface area contributed by atoms with E-state index in [0.717, 1.165) is 44.1 Å². The van der Waals surface area contributed by atoms with Crippen LogP contribution in [-0.2, 0) is 5.54 Å². The van der Waals surface area contributed by atoms with Gasteiger partial charge in [-0.25, -0.2) is 4.99 Å². The van der Waals surface area contributed by atoms with Crippen molar-refractivity contribution in [2.45, 2.75) is 37.6 Å². The maximum absolute atomic E-state index is 11.3. The quantitative estimate of drug-likeness (QED) is 0.256. The second-order valence-corrected chi connectivity index (χ2v) is 4.77. The number of H-pyrrole nitrogens is 1. The van der Waals surface area contributed by atoms with E-state index in [9.17, 15) is 4.91 Å². The van der Waals surface area contributed by atoms with Crippen LogP contribution in [0.3, 0.4) is 0 Å². The fraction of sp³-hybridized carbons (Fsp3) is 0.500. The molecule has 0 aromatic carbocycles. The van der Waals surface area contributed by atoms with E-state index in [1.54, 1.807) is 6.07 Å². The molecular formula is C12H17N7O. The number of aliphatic imine (C=N–C) groups is 1. The van der Waals surface area contributed by atoms with Crippen LogP contribution < -0.4 is 5.73 Å². The van der Waals surface area contributed by atoms with Crippen LogP contribution in [0.25, 0.3) is 0 Å². The molecular weight excluding hydrogens is 258 g/mol. The summed E-state index contributed by atoms with van der Waals surface area (Å²) < 4.78 is 0. The Labute approximate surface area is 116 Å². The van der Waals surface area contributed by atoms with Gasteiger partial charge in [0.2, 0.25) is 5.84 Å². The maximum Gasteiger partial charge on any atom is 0.201 e. The van der Waals surface area contributed by atoms with Crippen molar-refractivity contribution in [3.8, 4) is 0 Å². The number of aromatic nitrogens is 1. The third-order valence-electron chi connectivity index (χ3n) is 3.63. The van der Waals surface area contributed by atoms with Crippen LogP contribution in [0, 0.1) is 10.4 Å². The largest absolute Gasteiger partial charge is 0.390 e. The van der Waals surface area contributed by atoms with Gasteiger partial charge in [0.05, 0.1) is 12.0 Å². The van der Waals surface area contributed by atoms with E-state index in [1.165, 1.54) is 0 Å². The van der Waals surface area contributed by atoms with Gasteiger partial charge in [-0.15, -0.1) is 10.0 Å². The highest BCUT2D eigenvalue weighted by molar-refractivity contribution is 6.01. The molecule has 2 rings (SSSR count). The Morgan fingerprint density at radius 2 is 2.10 bits per heavy atom. The summed E-state index contributed by atoms with van der Waals surface area (Å²) in [6.07, 6.45) is 5.68. The molecule has 0 unspecified atom stereocenters. The minimum atomic E-state index is -0.688. The van der Waals surface area contributed by atoms with E-state index in [-0.39, 0.29) is 5.84 Å². The van der Waals surface area contributed by atoms with Crippen LogP contribution in [0.1, 0.15) is 43.5 Å². The van der Waals surface area contributed by atoms with Crippen LogP contribution in [0.2, 0.25) is 0 Å². The third kappa shape index (κ3) is 2.63. The molecule has 8 heteroatoms. The molecule has 0 spiro atoms. The number of rotatable bonds is 4. The Morgan fingerprint density at radius 3 is 2.70 bits per heavy atom. The highest BCUT2D eigenvalue weighted by atomic mass is 16.3. The molecule has 1 aliphatic carbocycles. The van der Waals surface area contributed by atoms with Crippen molar-refractivity contribution >= 4 is 12.2 Å². The number of nitroso groups, excluding NO2 is 1. The number of hydrogen-bond donors (Lipinski definition) is 3. The summed E-state index contributed by atoms with van der Waals surface area (Å²) in [6, 6.07) is 3.56. The fourth-order valence-electron chi connectivity index (χ4n) is 2.61. The average Bonchev–Trinajstić information content (AvgIpc) is 2.98. The fourth-order valence-corrected chi connectivity index (χ4v) is 2.61. The van der Waals surface area contributed by atoms with Crippen molar-refractivity contribution in [3.05, 3.63) is 28.4 Å². The van der Waals surface area contributed by atoms with Gasteiger partial charge >= 0.3 is 0 Å². The highest BCUT2D eigenvalue weighted by Gasteiger charge is 2.36. The molecule has 1 aromatic heterocycles. The minimum absolute atomic E-state index is 0.200. The van der Waals surface area contributed by atoms with Gasteiger partial charge in [-0.1, -0.05) is 29.7 Å². The van der Waals surface area contributed by atoms with Crippen molar-refractivity contribution in [2.24, 2.45) is 26.2 Å². The molecule has 0 saturated heterocycles. The second-order valence-electron chi connectivity index (χ2n) is 4.77. The van der Waals surface area contributed by atoms with Gasteiger partial charge in [-0.3, -0.25) is 0 Å². The van der Waals surface area contributed by atoms with E-state index in [2.05, 4.69) is 25.5 Å². The molecule has 1 saturated carbocycles. The summed E-state index contributed by atoms with van der Waals surface area (Å²) in [5.74, 6) is 0.200. The molecule has 1 fully saturated rings. The number of aromatic amines is 1. The molecule has 1 heterocycles. The molecule has 4 N–H and O–H groups in total. The highest BCUT2D eigenvalue weighted by Crippen LogP contribution is 2.40. The van der Waals surface area contributed by atoms with Crippen LogP contribution in [0.4, 0.5) is 0 Å². The van der Waals surface area contributed by atoms with E-state index in [1.807, 2.05) is 6.07 Å². The zero-order chi connectivity index (χ0) is 14.4. The normalized spacial score (nSPS) is 19.1. The number of hydrogen-bond acceptors (Lipinski definition) is 4. The lowest BCUT2D eigenvalue weighted by molar-refractivity contribution is 0.296. The summed E-state index contributed by atoms with van der Waals surface area (Å²) in [5, 5.41) is 9.90. The Kier molecular flexibility index (Phi) is 4.34. The summed E-state index contributed by atoms with van der Waals surface area (Å²) in [4.78, 5) is 18.3. The first-order valence-corrected chi connectivity index (χ1v) is 6.49. The Bertz CT molecular complexity index is 540. The van der Waals surface area contributed by atoms with Gasteiger partial charge in [0.15, 0.2) is 0 Å². The zero-order valence-corrected chi connectivity index (χ0v) is 11.0. The topological polar surface area (TPSA) is 132 Å². The molecule has 0 amide bonds. The third-order valence-corrected chi connectivity index (χ3v) is 3.63. The van der Waals surface area contributed by atoms with Gasteiger partial charge in [0.25, 0.3) is 0 Å². The van der Waals surface area contributed by atoms with Crippen LogP contribution >= 0.6 is 0 Å². The van der Waals surface area contributed by atoms with Crippen LogP contribution in [-0.4, -0.2) is 17.2 Å². The Balaban J connectivity index is 2.34. The van der Waals surface area contributed by atoms with Crippen LogP contribution in [0.15, 0.2) is 32.6 Å². The predicted octanol–water partition coefficient (Wildman–Crippen LogP) is 2.62. The van der Waals surface area contributed by atoms with E-state index in [4.69, 9.17) is 11.3 Å². The Hall–Kier alpha value is -2.38. The molecule has 0 radical (unpaired) electrons. The first kappa shape index (κ1) is 14.0. The molecule has 1 aromatic rings.